The molecule has 1 aromatic heterocycles. The van der Waals surface area contributed by atoms with Crippen LogP contribution in [0.15, 0.2) is 36.9 Å². The summed E-state index contributed by atoms with van der Waals surface area (Å²) in [4.78, 5) is 3.96. The van der Waals surface area contributed by atoms with Crippen molar-refractivity contribution in [2.24, 2.45) is 0 Å². The van der Waals surface area contributed by atoms with Crippen LogP contribution >= 0.6 is 0 Å². The van der Waals surface area contributed by atoms with Gasteiger partial charge in [-0.15, -0.1) is 0 Å². The molecule has 0 radical (unpaired) electrons. The van der Waals surface area contributed by atoms with Crippen molar-refractivity contribution in [3.63, 3.8) is 0 Å². The van der Waals surface area contributed by atoms with E-state index >= 15 is 0 Å². The van der Waals surface area contributed by atoms with Gasteiger partial charge in [0.1, 0.15) is 0 Å². The minimum atomic E-state index is 0.705. The zero-order chi connectivity index (χ0) is 9.97. The largest absolute Gasteiger partial charge is 0.306 e. The number of hydrogen-bond acceptors (Lipinski definition) is 2. The number of rotatable bonds is 1. The van der Waals surface area contributed by atoms with Gasteiger partial charge in [-0.25, -0.2) is 4.98 Å². The van der Waals surface area contributed by atoms with Crippen molar-refractivity contribution < 1.29 is 0 Å². The van der Waals surface area contributed by atoms with Crippen molar-refractivity contribution in [1.29, 1.82) is 5.26 Å². The van der Waals surface area contributed by atoms with Crippen LogP contribution in [0, 0.1) is 18.3 Å². The summed E-state index contributed by atoms with van der Waals surface area (Å²) in [6, 6.07) is 7.93. The molecule has 2 aromatic rings. The third kappa shape index (κ3) is 1.38. The summed E-state index contributed by atoms with van der Waals surface area (Å²) in [5, 5.41) is 8.87. The first kappa shape index (κ1) is 8.52. The summed E-state index contributed by atoms with van der Waals surface area (Å²) >= 11 is 0. The first-order valence-corrected chi connectivity index (χ1v) is 4.30. The fourth-order valence-corrected chi connectivity index (χ4v) is 1.30. The van der Waals surface area contributed by atoms with E-state index in [4.69, 9.17) is 5.26 Å². The molecule has 1 heterocycles. The summed E-state index contributed by atoms with van der Waals surface area (Å²) in [6.45, 7) is 1.93. The molecule has 0 saturated carbocycles. The monoisotopic (exact) mass is 183 g/mol. The van der Waals surface area contributed by atoms with Gasteiger partial charge in [0.15, 0.2) is 0 Å². The standard InChI is InChI=1S/C11H9N3/c1-9-2-3-11(6-10(9)7-12)14-5-4-13-8-14/h2-6,8H,1H3. The molecule has 0 unspecified atom stereocenters. The average Bonchev–Trinajstić information content (AvgIpc) is 2.71. The van der Waals surface area contributed by atoms with Gasteiger partial charge in [0.2, 0.25) is 0 Å². The van der Waals surface area contributed by atoms with Crippen molar-refractivity contribution in [1.82, 2.24) is 9.55 Å². The van der Waals surface area contributed by atoms with Gasteiger partial charge in [-0.2, -0.15) is 5.26 Å². The van der Waals surface area contributed by atoms with Crippen LogP contribution in [-0.4, -0.2) is 9.55 Å². The fourth-order valence-electron chi connectivity index (χ4n) is 1.30. The highest BCUT2D eigenvalue weighted by Gasteiger charge is 2.00. The maximum Gasteiger partial charge on any atom is 0.0995 e. The van der Waals surface area contributed by atoms with Gasteiger partial charge in [-0.1, -0.05) is 6.07 Å². The first-order valence-electron chi connectivity index (χ1n) is 4.30. The van der Waals surface area contributed by atoms with Crippen LogP contribution < -0.4 is 0 Å². The normalized spacial score (nSPS) is 9.71. The lowest BCUT2D eigenvalue weighted by Gasteiger charge is -2.03. The predicted octanol–water partition coefficient (Wildman–Crippen LogP) is 2.05. The van der Waals surface area contributed by atoms with E-state index in [9.17, 15) is 0 Å². The molecule has 0 atom stereocenters. The molecule has 0 fully saturated rings. The van der Waals surface area contributed by atoms with Crippen LogP contribution in [0.3, 0.4) is 0 Å². The van der Waals surface area contributed by atoms with E-state index in [2.05, 4.69) is 11.1 Å². The average molecular weight is 183 g/mol. The van der Waals surface area contributed by atoms with E-state index in [1.54, 1.807) is 12.5 Å². The van der Waals surface area contributed by atoms with Gasteiger partial charge in [0.05, 0.1) is 18.0 Å². The van der Waals surface area contributed by atoms with Crippen LogP contribution in [0.1, 0.15) is 11.1 Å². The second-order valence-corrected chi connectivity index (χ2v) is 3.08. The number of aromatic nitrogens is 2. The molecule has 2 rings (SSSR count). The molecule has 14 heavy (non-hydrogen) atoms. The Morgan fingerprint density at radius 1 is 1.43 bits per heavy atom. The Morgan fingerprint density at radius 3 is 2.93 bits per heavy atom. The van der Waals surface area contributed by atoms with Crippen LogP contribution in [0.2, 0.25) is 0 Å². The molecule has 3 nitrogen and oxygen atoms in total. The summed E-state index contributed by atoms with van der Waals surface area (Å²) < 4.78 is 1.88. The summed E-state index contributed by atoms with van der Waals surface area (Å²) in [7, 11) is 0. The van der Waals surface area contributed by atoms with Crippen LogP contribution in [0.5, 0.6) is 0 Å². The lowest BCUT2D eigenvalue weighted by molar-refractivity contribution is 1.05. The Labute approximate surface area is 82.2 Å². The zero-order valence-corrected chi connectivity index (χ0v) is 7.81. The fraction of sp³-hybridized carbons (Fsp3) is 0.0909. The molecule has 1 aromatic carbocycles. The Bertz CT molecular complexity index is 478. The third-order valence-corrected chi connectivity index (χ3v) is 2.14. The van der Waals surface area contributed by atoms with Gasteiger partial charge in [-0.3, -0.25) is 0 Å². The van der Waals surface area contributed by atoms with E-state index in [0.717, 1.165) is 11.3 Å². The first-order chi connectivity index (χ1) is 6.81. The highest BCUT2D eigenvalue weighted by molar-refractivity contribution is 5.45. The lowest BCUT2D eigenvalue weighted by Crippen LogP contribution is -1.92. The minimum Gasteiger partial charge on any atom is -0.306 e. The number of aryl methyl sites for hydroxylation is 1. The molecule has 0 spiro atoms. The molecule has 0 N–H and O–H groups in total. The van der Waals surface area contributed by atoms with Crippen molar-refractivity contribution in [3.05, 3.63) is 48.0 Å². The molecule has 0 saturated heterocycles. The molecule has 0 aliphatic heterocycles. The lowest BCUT2D eigenvalue weighted by atomic mass is 10.1. The van der Waals surface area contributed by atoms with Gasteiger partial charge >= 0.3 is 0 Å². The van der Waals surface area contributed by atoms with Crippen molar-refractivity contribution in [2.75, 3.05) is 0 Å². The smallest absolute Gasteiger partial charge is 0.0995 e. The Kier molecular flexibility index (Phi) is 2.04. The van der Waals surface area contributed by atoms with Gasteiger partial charge in [-0.05, 0) is 24.6 Å². The second kappa shape index (κ2) is 3.35. The third-order valence-electron chi connectivity index (χ3n) is 2.14. The van der Waals surface area contributed by atoms with E-state index in [-0.39, 0.29) is 0 Å². The maximum absolute atomic E-state index is 8.87. The van der Waals surface area contributed by atoms with Crippen LogP contribution in [-0.2, 0) is 0 Å². The number of hydrogen-bond donors (Lipinski definition) is 0. The second-order valence-electron chi connectivity index (χ2n) is 3.08. The molecule has 0 amide bonds. The predicted molar refractivity (Wildman–Crippen MR) is 53.0 cm³/mol. The Hall–Kier alpha value is -2.08. The van der Waals surface area contributed by atoms with Crippen molar-refractivity contribution in [3.8, 4) is 11.8 Å². The molecule has 0 aliphatic carbocycles. The molecule has 0 aliphatic rings. The number of benzene rings is 1. The molecule has 68 valence electrons. The number of imidazole rings is 1. The van der Waals surface area contributed by atoms with Gasteiger partial charge < -0.3 is 4.57 Å². The van der Waals surface area contributed by atoms with E-state index < -0.39 is 0 Å². The molecular formula is C11H9N3. The Morgan fingerprint density at radius 2 is 2.29 bits per heavy atom. The highest BCUT2D eigenvalue weighted by Crippen LogP contribution is 2.13. The van der Waals surface area contributed by atoms with Crippen molar-refractivity contribution >= 4 is 0 Å². The van der Waals surface area contributed by atoms with Crippen LogP contribution in [0.25, 0.3) is 5.69 Å². The quantitative estimate of drug-likeness (QED) is 0.679. The van der Waals surface area contributed by atoms with E-state index in [0.29, 0.717) is 5.56 Å². The molecule has 3 heteroatoms. The SMILES string of the molecule is Cc1ccc(-n2ccnc2)cc1C#N. The van der Waals surface area contributed by atoms with Gasteiger partial charge in [0, 0.05) is 18.1 Å². The highest BCUT2D eigenvalue weighted by atomic mass is 15.0. The zero-order valence-electron chi connectivity index (χ0n) is 7.81. The molecule has 0 bridgehead atoms. The van der Waals surface area contributed by atoms with Crippen molar-refractivity contribution in [2.45, 2.75) is 6.92 Å². The van der Waals surface area contributed by atoms with E-state index in [1.807, 2.05) is 35.9 Å². The topological polar surface area (TPSA) is 41.6 Å². The van der Waals surface area contributed by atoms with E-state index in [1.165, 1.54) is 0 Å². The minimum absolute atomic E-state index is 0.705. The maximum atomic E-state index is 8.87. The molecular weight excluding hydrogens is 174 g/mol. The van der Waals surface area contributed by atoms with Crippen LogP contribution in [0.4, 0.5) is 0 Å². The number of nitrogens with zero attached hydrogens (tertiary/aromatic N) is 3. The summed E-state index contributed by atoms with van der Waals surface area (Å²) in [5.41, 5.74) is 2.66. The summed E-state index contributed by atoms with van der Waals surface area (Å²) in [6.07, 6.45) is 5.28. The Balaban J connectivity index is 2.53. The number of nitriles is 1. The summed E-state index contributed by atoms with van der Waals surface area (Å²) in [5.74, 6) is 0. The van der Waals surface area contributed by atoms with Gasteiger partial charge in [0.25, 0.3) is 0 Å².